The van der Waals surface area contributed by atoms with Crippen LogP contribution in [0.2, 0.25) is 0 Å². The van der Waals surface area contributed by atoms with Crippen LogP contribution in [0.15, 0.2) is 0 Å². The van der Waals surface area contributed by atoms with Gasteiger partial charge in [-0.05, 0) is 6.42 Å². The topological polar surface area (TPSA) is 46.5 Å². The average Bonchev–Trinajstić information content (AvgIpc) is 1.98. The third-order valence-corrected chi connectivity index (χ3v) is 1.48. The summed E-state index contributed by atoms with van der Waals surface area (Å²) in [7, 11) is 0. The first-order chi connectivity index (χ1) is 4.72. The van der Waals surface area contributed by atoms with Crippen molar-refractivity contribution in [3.63, 3.8) is 0 Å². The molecule has 0 aromatic heterocycles. The third kappa shape index (κ3) is 3.45. The van der Waals surface area contributed by atoms with Gasteiger partial charge < -0.3 is 4.89 Å². The molecule has 0 saturated heterocycles. The first-order valence-corrected chi connectivity index (χ1v) is 3.57. The molecule has 0 spiro atoms. The summed E-state index contributed by atoms with van der Waals surface area (Å²) in [6.45, 7) is 3.80. The predicted molar refractivity (Wildman–Crippen MR) is 37.4 cm³/mol. The minimum Gasteiger partial charge on any atom is -0.301 e. The summed E-state index contributed by atoms with van der Waals surface area (Å²) < 4.78 is 0. The van der Waals surface area contributed by atoms with Crippen molar-refractivity contribution in [3.05, 3.63) is 0 Å². The van der Waals surface area contributed by atoms with Gasteiger partial charge in [-0.2, -0.15) is 5.26 Å². The van der Waals surface area contributed by atoms with E-state index < -0.39 is 5.97 Å². The normalized spacial score (nSPS) is 12.7. The van der Waals surface area contributed by atoms with Gasteiger partial charge in [0.2, 0.25) is 0 Å². The Kier molecular flexibility index (Phi) is 4.94. The van der Waals surface area contributed by atoms with Crippen molar-refractivity contribution in [3.8, 4) is 0 Å². The van der Waals surface area contributed by atoms with Crippen molar-refractivity contribution >= 4 is 5.97 Å². The highest BCUT2D eigenvalue weighted by Gasteiger charge is 2.12. The van der Waals surface area contributed by atoms with E-state index in [2.05, 4.69) is 11.8 Å². The van der Waals surface area contributed by atoms with Crippen molar-refractivity contribution in [2.24, 2.45) is 5.92 Å². The third-order valence-electron chi connectivity index (χ3n) is 1.48. The van der Waals surface area contributed by atoms with Crippen LogP contribution in [-0.2, 0) is 9.68 Å². The number of unbranched alkanes of at least 4 members (excludes halogenated alkanes) is 1. The molecule has 0 aromatic carbocycles. The van der Waals surface area contributed by atoms with Crippen LogP contribution in [0.4, 0.5) is 0 Å². The van der Waals surface area contributed by atoms with Crippen molar-refractivity contribution in [1.29, 1.82) is 0 Å². The molecule has 1 atom stereocenters. The fourth-order valence-electron chi connectivity index (χ4n) is 0.718. The van der Waals surface area contributed by atoms with Gasteiger partial charge >= 0.3 is 5.97 Å². The lowest BCUT2D eigenvalue weighted by molar-refractivity contribution is -0.238. The maximum Gasteiger partial charge on any atom is 0.344 e. The molecule has 3 heteroatoms. The van der Waals surface area contributed by atoms with Crippen LogP contribution in [0.25, 0.3) is 0 Å². The largest absolute Gasteiger partial charge is 0.344 e. The summed E-state index contributed by atoms with van der Waals surface area (Å²) in [4.78, 5) is 14.1. The number of carbonyl (C=O) groups excluding carboxylic acids is 1. The SMILES string of the molecule is CCCCC(C)C(=O)OO. The molecule has 0 radical (unpaired) electrons. The standard InChI is InChI=1S/C7H14O3/c1-3-4-5-6(2)7(8)10-9/h6,9H,3-5H2,1-2H3. The molecule has 0 heterocycles. The van der Waals surface area contributed by atoms with Gasteiger partial charge in [-0.1, -0.05) is 26.7 Å². The smallest absolute Gasteiger partial charge is 0.301 e. The molecule has 0 amide bonds. The van der Waals surface area contributed by atoms with E-state index in [1.54, 1.807) is 6.92 Å². The highest BCUT2D eigenvalue weighted by Crippen LogP contribution is 2.08. The average molecular weight is 146 g/mol. The van der Waals surface area contributed by atoms with Gasteiger partial charge in [-0.3, -0.25) is 0 Å². The van der Waals surface area contributed by atoms with E-state index in [4.69, 9.17) is 5.26 Å². The van der Waals surface area contributed by atoms with Crippen LogP contribution in [0, 0.1) is 5.92 Å². The molecule has 60 valence electrons. The van der Waals surface area contributed by atoms with Gasteiger partial charge in [-0.25, -0.2) is 4.79 Å². The van der Waals surface area contributed by atoms with Crippen LogP contribution < -0.4 is 0 Å². The molecule has 0 bridgehead atoms. The molecule has 1 N–H and O–H groups in total. The minimum absolute atomic E-state index is 0.176. The van der Waals surface area contributed by atoms with E-state index in [9.17, 15) is 4.79 Å². The highest BCUT2D eigenvalue weighted by molar-refractivity contribution is 5.71. The Balaban J connectivity index is 3.41. The van der Waals surface area contributed by atoms with Crippen molar-refractivity contribution in [2.75, 3.05) is 0 Å². The van der Waals surface area contributed by atoms with E-state index >= 15 is 0 Å². The summed E-state index contributed by atoms with van der Waals surface area (Å²) in [6.07, 6.45) is 2.84. The highest BCUT2D eigenvalue weighted by atomic mass is 17.1. The van der Waals surface area contributed by atoms with Gasteiger partial charge in [-0.15, -0.1) is 0 Å². The lowest BCUT2D eigenvalue weighted by atomic mass is 10.1. The van der Waals surface area contributed by atoms with Crippen LogP contribution >= 0.6 is 0 Å². The molecule has 0 aliphatic carbocycles. The van der Waals surface area contributed by atoms with Crippen molar-refractivity contribution in [2.45, 2.75) is 33.1 Å². The molecule has 0 fully saturated rings. The molecule has 3 nitrogen and oxygen atoms in total. The zero-order valence-electron chi connectivity index (χ0n) is 6.46. The fraction of sp³-hybridized carbons (Fsp3) is 0.857. The Hall–Kier alpha value is -0.570. The van der Waals surface area contributed by atoms with Crippen LogP contribution in [0.1, 0.15) is 33.1 Å². The number of hydrogen-bond donors (Lipinski definition) is 1. The first-order valence-electron chi connectivity index (χ1n) is 3.57. The lowest BCUT2D eigenvalue weighted by Gasteiger charge is -2.04. The summed E-state index contributed by atoms with van der Waals surface area (Å²) in [5, 5.41) is 7.95. The van der Waals surface area contributed by atoms with Gasteiger partial charge in [0.15, 0.2) is 0 Å². The Bertz CT molecular complexity index is 101. The summed E-state index contributed by atoms with van der Waals surface area (Å²) in [5.74, 6) is -0.710. The van der Waals surface area contributed by atoms with E-state index in [0.717, 1.165) is 19.3 Å². The molecule has 0 aromatic rings. The molecule has 10 heavy (non-hydrogen) atoms. The Morgan fingerprint density at radius 1 is 1.70 bits per heavy atom. The van der Waals surface area contributed by atoms with Crippen LogP contribution in [0.3, 0.4) is 0 Å². The minimum atomic E-state index is -0.534. The predicted octanol–water partition coefficient (Wildman–Crippen LogP) is 1.83. The summed E-state index contributed by atoms with van der Waals surface area (Å²) in [6, 6.07) is 0. The summed E-state index contributed by atoms with van der Waals surface area (Å²) >= 11 is 0. The zero-order valence-corrected chi connectivity index (χ0v) is 6.46. The maximum atomic E-state index is 10.5. The molecule has 0 aliphatic heterocycles. The number of carbonyl (C=O) groups is 1. The first kappa shape index (κ1) is 9.43. The number of rotatable bonds is 4. The second kappa shape index (κ2) is 5.23. The Morgan fingerprint density at radius 3 is 2.70 bits per heavy atom. The van der Waals surface area contributed by atoms with Crippen LogP contribution in [-0.4, -0.2) is 11.2 Å². The van der Waals surface area contributed by atoms with E-state index in [1.165, 1.54) is 0 Å². The van der Waals surface area contributed by atoms with Gasteiger partial charge in [0.1, 0.15) is 0 Å². The second-order valence-electron chi connectivity index (χ2n) is 2.45. The second-order valence-corrected chi connectivity index (χ2v) is 2.45. The zero-order chi connectivity index (χ0) is 7.98. The molecular formula is C7H14O3. The molecular weight excluding hydrogens is 132 g/mol. The van der Waals surface area contributed by atoms with E-state index in [1.807, 2.05) is 0 Å². The van der Waals surface area contributed by atoms with Crippen molar-refractivity contribution in [1.82, 2.24) is 0 Å². The van der Waals surface area contributed by atoms with E-state index in [0.29, 0.717) is 0 Å². The van der Waals surface area contributed by atoms with E-state index in [-0.39, 0.29) is 5.92 Å². The van der Waals surface area contributed by atoms with Crippen LogP contribution in [0.5, 0.6) is 0 Å². The quantitative estimate of drug-likeness (QED) is 0.486. The van der Waals surface area contributed by atoms with Crippen molar-refractivity contribution < 1.29 is 14.9 Å². The summed E-state index contributed by atoms with van der Waals surface area (Å²) in [5.41, 5.74) is 0. The maximum absolute atomic E-state index is 10.5. The Labute approximate surface area is 60.9 Å². The monoisotopic (exact) mass is 146 g/mol. The molecule has 0 saturated carbocycles. The molecule has 0 aliphatic rings. The van der Waals surface area contributed by atoms with Gasteiger partial charge in [0.25, 0.3) is 0 Å². The molecule has 0 rings (SSSR count). The van der Waals surface area contributed by atoms with Gasteiger partial charge in [0.05, 0.1) is 5.92 Å². The van der Waals surface area contributed by atoms with Gasteiger partial charge in [0, 0.05) is 0 Å². The number of hydrogen-bond acceptors (Lipinski definition) is 3. The Morgan fingerprint density at radius 2 is 2.30 bits per heavy atom. The fourth-order valence-corrected chi connectivity index (χ4v) is 0.718. The molecule has 1 unspecified atom stereocenters. The lowest BCUT2D eigenvalue weighted by Crippen LogP contribution is -2.12.